The van der Waals surface area contributed by atoms with E-state index in [9.17, 15) is 4.79 Å². The molecular weight excluding hydrogens is 378 g/mol. The fourth-order valence-corrected chi connectivity index (χ4v) is 3.40. The van der Waals surface area contributed by atoms with Crippen LogP contribution in [0.15, 0.2) is 85.1 Å². The molecule has 1 heterocycles. The van der Waals surface area contributed by atoms with Gasteiger partial charge in [0.25, 0.3) is 0 Å². The molecule has 0 N–H and O–H groups in total. The number of aromatic nitrogens is 1. The molecule has 1 atom stereocenters. The predicted octanol–water partition coefficient (Wildman–Crippen LogP) is 5.20. The summed E-state index contributed by atoms with van der Waals surface area (Å²) in [7, 11) is 3.08. The molecule has 5 nitrogen and oxygen atoms in total. The molecule has 4 rings (SSSR count). The molecule has 5 heteroatoms. The topological polar surface area (TPSA) is 57.7 Å². The van der Waals surface area contributed by atoms with Gasteiger partial charge in [-0.1, -0.05) is 54.6 Å². The van der Waals surface area contributed by atoms with Gasteiger partial charge in [0, 0.05) is 11.6 Å². The van der Waals surface area contributed by atoms with Gasteiger partial charge in [0.1, 0.15) is 0 Å². The third kappa shape index (κ3) is 3.82. The van der Waals surface area contributed by atoms with Crippen molar-refractivity contribution in [1.82, 2.24) is 4.98 Å². The second-order valence-corrected chi connectivity index (χ2v) is 6.68. The molecule has 0 saturated heterocycles. The molecule has 30 heavy (non-hydrogen) atoms. The van der Waals surface area contributed by atoms with E-state index in [-0.39, 0.29) is 0 Å². The molecule has 150 valence electrons. The number of ether oxygens (including phenoxy) is 3. The first-order valence-electron chi connectivity index (χ1n) is 9.53. The van der Waals surface area contributed by atoms with Crippen LogP contribution in [-0.4, -0.2) is 25.2 Å². The number of methoxy groups -OCH3 is 2. The third-order valence-corrected chi connectivity index (χ3v) is 4.90. The largest absolute Gasteiger partial charge is 0.493 e. The molecule has 4 aromatic rings. The molecule has 3 aromatic carbocycles. The van der Waals surface area contributed by atoms with E-state index < -0.39 is 12.1 Å². The Labute approximate surface area is 174 Å². The summed E-state index contributed by atoms with van der Waals surface area (Å²) < 4.78 is 16.6. The second-order valence-electron chi connectivity index (χ2n) is 6.68. The van der Waals surface area contributed by atoms with Crippen LogP contribution in [0.2, 0.25) is 0 Å². The van der Waals surface area contributed by atoms with Gasteiger partial charge in [0.2, 0.25) is 0 Å². The van der Waals surface area contributed by atoms with E-state index in [1.807, 2.05) is 60.7 Å². The lowest BCUT2D eigenvalue weighted by molar-refractivity contribution is 0.0373. The van der Waals surface area contributed by atoms with Crippen molar-refractivity contribution in [2.24, 2.45) is 0 Å². The quantitative estimate of drug-likeness (QED) is 0.417. The molecule has 0 fully saturated rings. The van der Waals surface area contributed by atoms with E-state index in [1.54, 1.807) is 31.5 Å². The minimum atomic E-state index is -0.655. The van der Waals surface area contributed by atoms with Crippen LogP contribution in [0, 0.1) is 0 Å². The Hall–Kier alpha value is -3.86. The van der Waals surface area contributed by atoms with Crippen molar-refractivity contribution in [3.05, 3.63) is 102 Å². The number of rotatable bonds is 6. The fraction of sp³-hybridized carbons (Fsp3) is 0.120. The zero-order chi connectivity index (χ0) is 20.9. The molecule has 0 radical (unpaired) electrons. The van der Waals surface area contributed by atoms with Crippen LogP contribution in [0.5, 0.6) is 11.5 Å². The monoisotopic (exact) mass is 399 g/mol. The van der Waals surface area contributed by atoms with Crippen LogP contribution in [0.1, 0.15) is 27.7 Å². The lowest BCUT2D eigenvalue weighted by atomic mass is 10.0. The smallest absolute Gasteiger partial charge is 0.339 e. The molecule has 0 aliphatic heterocycles. The molecule has 0 amide bonds. The maximum Gasteiger partial charge on any atom is 0.339 e. The summed E-state index contributed by atoms with van der Waals surface area (Å²) in [5, 5.41) is 1.97. The normalized spacial score (nSPS) is 11.7. The van der Waals surface area contributed by atoms with Crippen molar-refractivity contribution >= 4 is 16.7 Å². The molecule has 0 unspecified atom stereocenters. The van der Waals surface area contributed by atoms with Gasteiger partial charge in [-0.05, 0) is 35.2 Å². The lowest BCUT2D eigenvalue weighted by Gasteiger charge is -2.20. The van der Waals surface area contributed by atoms with Crippen molar-refractivity contribution in [3.8, 4) is 11.5 Å². The maximum absolute atomic E-state index is 13.1. The summed E-state index contributed by atoms with van der Waals surface area (Å²) in [6.07, 6.45) is 1.08. The van der Waals surface area contributed by atoms with Crippen LogP contribution in [0.3, 0.4) is 0 Å². The van der Waals surface area contributed by atoms with Crippen molar-refractivity contribution in [2.45, 2.75) is 6.10 Å². The zero-order valence-electron chi connectivity index (χ0n) is 16.7. The van der Waals surface area contributed by atoms with Gasteiger partial charge in [-0.2, -0.15) is 0 Å². The number of hydrogen-bond donors (Lipinski definition) is 0. The molecule has 0 saturated carbocycles. The lowest BCUT2D eigenvalue weighted by Crippen LogP contribution is -2.15. The van der Waals surface area contributed by atoms with Crippen LogP contribution in [0.25, 0.3) is 10.8 Å². The number of hydrogen-bond acceptors (Lipinski definition) is 5. The van der Waals surface area contributed by atoms with Crippen molar-refractivity contribution < 1.29 is 19.0 Å². The molecule has 0 spiro atoms. The minimum Gasteiger partial charge on any atom is -0.493 e. The Morgan fingerprint density at radius 3 is 2.33 bits per heavy atom. The highest BCUT2D eigenvalue weighted by Gasteiger charge is 2.24. The van der Waals surface area contributed by atoms with E-state index in [2.05, 4.69) is 4.98 Å². The molecular formula is C25H21NO4. The van der Waals surface area contributed by atoms with E-state index in [1.165, 1.54) is 7.11 Å². The first-order valence-corrected chi connectivity index (χ1v) is 9.53. The minimum absolute atomic E-state index is 0.369. The van der Waals surface area contributed by atoms with E-state index in [0.717, 1.165) is 16.3 Å². The highest BCUT2D eigenvalue weighted by Crippen LogP contribution is 2.32. The Balaban J connectivity index is 1.75. The number of nitrogens with zero attached hydrogens (tertiary/aromatic N) is 1. The molecule has 0 aliphatic carbocycles. The van der Waals surface area contributed by atoms with Crippen LogP contribution < -0.4 is 9.47 Å². The van der Waals surface area contributed by atoms with Gasteiger partial charge >= 0.3 is 5.97 Å². The first kappa shape index (κ1) is 19.5. The Morgan fingerprint density at radius 1 is 0.833 bits per heavy atom. The summed E-state index contributed by atoms with van der Waals surface area (Å²) in [5.41, 5.74) is 1.90. The Morgan fingerprint density at radius 2 is 1.57 bits per heavy atom. The average molecular weight is 399 g/mol. The van der Waals surface area contributed by atoms with Crippen molar-refractivity contribution in [1.29, 1.82) is 0 Å². The van der Waals surface area contributed by atoms with Crippen LogP contribution in [0.4, 0.5) is 0 Å². The summed E-state index contributed by atoms with van der Waals surface area (Å²) >= 11 is 0. The number of pyridine rings is 1. The van der Waals surface area contributed by atoms with Gasteiger partial charge in [-0.15, -0.1) is 0 Å². The second kappa shape index (κ2) is 8.66. The number of benzene rings is 3. The van der Waals surface area contributed by atoms with Gasteiger partial charge in [-0.25, -0.2) is 4.79 Å². The summed E-state index contributed by atoms with van der Waals surface area (Å²) in [6, 6.07) is 24.4. The summed E-state index contributed by atoms with van der Waals surface area (Å²) in [6.45, 7) is 0. The Kier molecular flexibility index (Phi) is 5.61. The standard InChI is InChI=1S/C25H21NO4/c1-28-21-13-12-19(16-22(21)29-2)25(27)30-24(18-9-4-3-5-10-18)23-20-11-7-6-8-17(20)14-15-26-23/h3-16,24H,1-2H3/t24-/m1/s1. The summed E-state index contributed by atoms with van der Waals surface area (Å²) in [5.74, 6) is 0.537. The van der Waals surface area contributed by atoms with Gasteiger partial charge in [0.05, 0.1) is 25.5 Å². The first-order chi connectivity index (χ1) is 14.7. The maximum atomic E-state index is 13.1. The van der Waals surface area contributed by atoms with Gasteiger partial charge in [0.15, 0.2) is 17.6 Å². The molecule has 0 bridgehead atoms. The van der Waals surface area contributed by atoms with E-state index in [4.69, 9.17) is 14.2 Å². The number of carbonyl (C=O) groups is 1. The van der Waals surface area contributed by atoms with Crippen molar-refractivity contribution in [2.75, 3.05) is 14.2 Å². The highest BCUT2D eigenvalue weighted by molar-refractivity contribution is 5.91. The van der Waals surface area contributed by atoms with Gasteiger partial charge < -0.3 is 14.2 Å². The molecule has 0 aliphatic rings. The SMILES string of the molecule is COc1ccc(C(=O)O[C@H](c2ccccc2)c2nccc3ccccc23)cc1OC. The predicted molar refractivity (Wildman–Crippen MR) is 115 cm³/mol. The van der Waals surface area contributed by atoms with E-state index >= 15 is 0 Å². The number of carbonyl (C=O) groups excluding carboxylic acids is 1. The van der Waals surface area contributed by atoms with Crippen LogP contribution in [-0.2, 0) is 4.74 Å². The summed E-state index contributed by atoms with van der Waals surface area (Å²) in [4.78, 5) is 17.6. The van der Waals surface area contributed by atoms with Crippen LogP contribution >= 0.6 is 0 Å². The third-order valence-electron chi connectivity index (χ3n) is 4.90. The number of fused-ring (bicyclic) bond motifs is 1. The number of esters is 1. The van der Waals surface area contributed by atoms with Gasteiger partial charge in [-0.3, -0.25) is 4.98 Å². The van der Waals surface area contributed by atoms with Crippen molar-refractivity contribution in [3.63, 3.8) is 0 Å². The fourth-order valence-electron chi connectivity index (χ4n) is 3.40. The Bertz CT molecular complexity index is 1170. The highest BCUT2D eigenvalue weighted by atomic mass is 16.5. The zero-order valence-corrected chi connectivity index (χ0v) is 16.7. The average Bonchev–Trinajstić information content (AvgIpc) is 2.82. The van der Waals surface area contributed by atoms with E-state index in [0.29, 0.717) is 22.8 Å². The molecule has 1 aromatic heterocycles.